The Kier molecular flexibility index (Phi) is 8.07. The summed E-state index contributed by atoms with van der Waals surface area (Å²) in [5.41, 5.74) is 0. The molecule has 0 aliphatic rings. The van der Waals surface area contributed by atoms with Gasteiger partial charge < -0.3 is 20.8 Å². The molecule has 0 spiro atoms. The third kappa shape index (κ3) is 6.55. The van der Waals surface area contributed by atoms with Crippen molar-refractivity contribution < 1.29 is 20.4 Å². The summed E-state index contributed by atoms with van der Waals surface area (Å²) in [5.74, 6) is 0. The molecule has 0 rings (SSSR count). The third-order valence-corrected chi connectivity index (χ3v) is 2.45. The number of hydrogen-bond donors (Lipinski definition) is 2. The molecule has 18 heavy (non-hydrogen) atoms. The van der Waals surface area contributed by atoms with Crippen molar-refractivity contribution >= 4 is 0 Å². The van der Waals surface area contributed by atoms with Gasteiger partial charge in [-0.2, -0.15) is 0 Å². The summed E-state index contributed by atoms with van der Waals surface area (Å²) in [6, 6.07) is 0. The predicted molar refractivity (Wildman–Crippen MR) is 59.4 cm³/mol. The van der Waals surface area contributed by atoms with Crippen LogP contribution in [0.25, 0.3) is 0 Å². The second-order valence-electron chi connectivity index (χ2n) is 3.86. The summed E-state index contributed by atoms with van der Waals surface area (Å²) in [6.07, 6.45) is 3.32. The van der Waals surface area contributed by atoms with Crippen molar-refractivity contribution in [2.75, 3.05) is 27.2 Å². The molecule has 2 N–H and O–H groups in total. The van der Waals surface area contributed by atoms with Crippen LogP contribution in [0.15, 0.2) is 10.6 Å². The van der Waals surface area contributed by atoms with Crippen LogP contribution in [-0.4, -0.2) is 57.6 Å². The normalized spacial score (nSPS) is 12.6. The molecule has 0 fully saturated rings. The topological polar surface area (TPSA) is 124 Å². The summed E-state index contributed by atoms with van der Waals surface area (Å²) in [4.78, 5) is 0.234. The maximum atomic E-state index is 10.8. The van der Waals surface area contributed by atoms with Crippen molar-refractivity contribution in [3.63, 3.8) is 0 Å². The van der Waals surface area contributed by atoms with E-state index in [9.17, 15) is 10.4 Å². The van der Waals surface area contributed by atoms with Crippen molar-refractivity contribution in [1.29, 1.82) is 0 Å². The third-order valence-electron chi connectivity index (χ3n) is 2.45. The Hall–Kier alpha value is -2.00. The molecule has 0 amide bonds. The average molecular weight is 264 g/mol. The molecule has 106 valence electrons. The van der Waals surface area contributed by atoms with Crippen LogP contribution in [0, 0.1) is 10.4 Å². The molecular weight excluding hydrogens is 244 g/mol. The van der Waals surface area contributed by atoms with E-state index in [1.807, 2.05) is 0 Å². The van der Waals surface area contributed by atoms with Crippen LogP contribution in [0.2, 0.25) is 0 Å². The van der Waals surface area contributed by atoms with Gasteiger partial charge in [-0.1, -0.05) is 12.8 Å². The Bertz CT molecular complexity index is 257. The highest BCUT2D eigenvalue weighted by Crippen LogP contribution is 2.02. The van der Waals surface area contributed by atoms with E-state index < -0.39 is 0 Å². The number of hydrogen-bond acceptors (Lipinski definition) is 4. The Morgan fingerprint density at radius 1 is 0.833 bits per heavy atom. The standard InChI is InChI=1S/C8H20N6O4/c1-11(13(17)9-15)7-5-3-4-6-8-12(2)14(18)10-16/h15-16H,3-8H2,1-2H3. The van der Waals surface area contributed by atoms with Crippen molar-refractivity contribution in [2.45, 2.75) is 25.7 Å². The van der Waals surface area contributed by atoms with Crippen molar-refractivity contribution in [3.8, 4) is 0 Å². The van der Waals surface area contributed by atoms with Gasteiger partial charge in [0.05, 0.1) is 37.1 Å². The molecular formula is C8H20N6O4. The van der Waals surface area contributed by atoms with Crippen LogP contribution in [0.1, 0.15) is 25.7 Å². The lowest BCUT2D eigenvalue weighted by atomic mass is 10.2. The molecule has 0 unspecified atom stereocenters. The highest BCUT2D eigenvalue weighted by atomic mass is 16.6. The minimum Gasteiger partial charge on any atom is -0.569 e. The van der Waals surface area contributed by atoms with Crippen LogP contribution < -0.4 is 0 Å². The van der Waals surface area contributed by atoms with E-state index in [2.05, 4.69) is 10.6 Å². The number of hydrazine groups is 2. The van der Waals surface area contributed by atoms with Gasteiger partial charge in [0.15, 0.2) is 0 Å². The Morgan fingerprint density at radius 2 is 1.17 bits per heavy atom. The number of unbranched alkanes of at least 4 members (excludes halogenated alkanes) is 3. The first-order chi connectivity index (χ1) is 8.52. The van der Waals surface area contributed by atoms with Gasteiger partial charge in [-0.15, -0.1) is 10.0 Å². The second kappa shape index (κ2) is 9.07. The molecule has 0 atom stereocenters. The number of rotatable bonds is 9. The molecule has 0 saturated carbocycles. The molecule has 0 bridgehead atoms. The maximum absolute atomic E-state index is 10.8. The Labute approximate surface area is 105 Å². The molecule has 0 saturated heterocycles. The van der Waals surface area contributed by atoms with E-state index in [0.29, 0.717) is 13.1 Å². The van der Waals surface area contributed by atoms with Crippen LogP contribution in [-0.2, 0) is 0 Å². The fraction of sp³-hybridized carbons (Fsp3) is 1.00. The van der Waals surface area contributed by atoms with Gasteiger partial charge in [0.25, 0.3) is 0 Å². The first-order valence-corrected chi connectivity index (χ1v) is 5.59. The lowest BCUT2D eigenvalue weighted by molar-refractivity contribution is -0.704. The number of nitrogens with zero attached hydrogens (tertiary/aromatic N) is 6. The first-order valence-electron chi connectivity index (χ1n) is 5.59. The van der Waals surface area contributed by atoms with Crippen LogP contribution in [0.3, 0.4) is 0 Å². The van der Waals surface area contributed by atoms with Gasteiger partial charge in [-0.25, -0.2) is 0 Å². The fourth-order valence-corrected chi connectivity index (χ4v) is 1.34. The molecule has 0 heterocycles. The summed E-state index contributed by atoms with van der Waals surface area (Å²) >= 11 is 0. The summed E-state index contributed by atoms with van der Waals surface area (Å²) < 4.78 is 0. The highest BCUT2D eigenvalue weighted by molar-refractivity contribution is 4.46. The minimum atomic E-state index is 0.117. The second-order valence-corrected chi connectivity index (χ2v) is 3.86. The zero-order valence-electron chi connectivity index (χ0n) is 10.6. The van der Waals surface area contributed by atoms with E-state index >= 15 is 0 Å². The molecule has 10 nitrogen and oxygen atoms in total. The molecule has 0 aromatic carbocycles. The largest absolute Gasteiger partial charge is 0.569 e. The first kappa shape index (κ1) is 16.0. The van der Waals surface area contributed by atoms with Gasteiger partial charge in [-0.3, -0.25) is 0 Å². The lowest BCUT2D eigenvalue weighted by Gasteiger charge is -2.13. The van der Waals surface area contributed by atoms with Crippen LogP contribution in [0.4, 0.5) is 0 Å². The van der Waals surface area contributed by atoms with E-state index in [4.69, 9.17) is 10.4 Å². The monoisotopic (exact) mass is 264 g/mol. The van der Waals surface area contributed by atoms with Gasteiger partial charge in [0.1, 0.15) is 0 Å². The SMILES string of the molecule is CN(CCCCCCN(C)[N+]([O-])=NO)[N+]([O-])=NO. The average Bonchev–Trinajstić information content (AvgIpc) is 2.39. The van der Waals surface area contributed by atoms with Gasteiger partial charge >= 0.3 is 0 Å². The molecule has 10 heteroatoms. The Morgan fingerprint density at radius 3 is 1.44 bits per heavy atom. The summed E-state index contributed by atoms with van der Waals surface area (Å²) in [6.45, 7) is 0.978. The van der Waals surface area contributed by atoms with Crippen molar-refractivity contribution in [1.82, 2.24) is 10.0 Å². The van der Waals surface area contributed by atoms with E-state index in [1.54, 1.807) is 0 Å². The smallest absolute Gasteiger partial charge is 0.230 e. The van der Waals surface area contributed by atoms with Crippen molar-refractivity contribution in [2.24, 2.45) is 10.6 Å². The predicted octanol–water partition coefficient (Wildman–Crippen LogP) is 0.944. The van der Waals surface area contributed by atoms with Crippen LogP contribution in [0.5, 0.6) is 0 Å². The zero-order valence-corrected chi connectivity index (χ0v) is 10.6. The zero-order chi connectivity index (χ0) is 14.0. The molecule has 0 aliphatic carbocycles. The summed E-state index contributed by atoms with van der Waals surface area (Å²) in [7, 11) is 3.05. The van der Waals surface area contributed by atoms with Crippen molar-refractivity contribution in [3.05, 3.63) is 10.4 Å². The highest BCUT2D eigenvalue weighted by Gasteiger charge is 2.06. The lowest BCUT2D eigenvalue weighted by Crippen LogP contribution is -2.27. The van der Waals surface area contributed by atoms with Gasteiger partial charge in [-0.05, 0) is 12.8 Å². The maximum Gasteiger partial charge on any atom is 0.230 e. The van der Waals surface area contributed by atoms with Gasteiger partial charge in [0, 0.05) is 0 Å². The van der Waals surface area contributed by atoms with E-state index in [0.717, 1.165) is 25.7 Å². The minimum absolute atomic E-state index is 0.117. The summed E-state index contributed by atoms with van der Waals surface area (Å²) in [5, 5.41) is 45.4. The molecule has 0 radical (unpaired) electrons. The van der Waals surface area contributed by atoms with Gasteiger partial charge in [0.2, 0.25) is 10.6 Å². The van der Waals surface area contributed by atoms with E-state index in [-0.39, 0.29) is 9.94 Å². The van der Waals surface area contributed by atoms with Crippen LogP contribution >= 0.6 is 0 Å². The van der Waals surface area contributed by atoms with E-state index in [1.165, 1.54) is 24.1 Å². The quantitative estimate of drug-likeness (QED) is 0.276. The molecule has 0 aromatic rings. The molecule has 0 aliphatic heterocycles. The Balaban J connectivity index is 3.53. The molecule has 0 aromatic heterocycles. The fourth-order valence-electron chi connectivity index (χ4n) is 1.34.